The van der Waals surface area contributed by atoms with Crippen molar-refractivity contribution in [3.05, 3.63) is 53.4 Å². The van der Waals surface area contributed by atoms with E-state index in [1.807, 2.05) is 24.3 Å². The third-order valence-corrected chi connectivity index (χ3v) is 5.74. The predicted molar refractivity (Wildman–Crippen MR) is 121 cm³/mol. The Balaban J connectivity index is 1.34. The zero-order valence-electron chi connectivity index (χ0n) is 19.1. The highest BCUT2D eigenvalue weighted by Gasteiger charge is 2.22. The summed E-state index contributed by atoms with van der Waals surface area (Å²) in [4.78, 5) is 4.75. The molecule has 8 nitrogen and oxygen atoms in total. The lowest BCUT2D eigenvalue weighted by Gasteiger charge is -2.34. The molecule has 0 unspecified atom stereocenters. The fourth-order valence-corrected chi connectivity index (χ4v) is 4.04. The molecule has 0 N–H and O–H groups in total. The Morgan fingerprint density at radius 1 is 0.844 bits per heavy atom. The van der Waals surface area contributed by atoms with Crippen molar-refractivity contribution in [2.75, 3.05) is 47.5 Å². The molecule has 0 saturated carbocycles. The molecule has 2 heterocycles. The molecule has 0 radical (unpaired) electrons. The van der Waals surface area contributed by atoms with Gasteiger partial charge >= 0.3 is 0 Å². The van der Waals surface area contributed by atoms with Crippen molar-refractivity contribution in [3.8, 4) is 28.7 Å². The Hall–Kier alpha value is -3.10. The van der Waals surface area contributed by atoms with Gasteiger partial charge in [-0.05, 0) is 25.1 Å². The fourth-order valence-electron chi connectivity index (χ4n) is 4.04. The highest BCUT2D eigenvalue weighted by atomic mass is 16.5. The predicted octanol–water partition coefficient (Wildman–Crippen LogP) is 3.39. The van der Waals surface area contributed by atoms with Crippen LogP contribution in [0.1, 0.15) is 17.0 Å². The highest BCUT2D eigenvalue weighted by molar-refractivity contribution is 5.56. The van der Waals surface area contributed by atoms with Gasteiger partial charge in [-0.1, -0.05) is 23.8 Å². The Morgan fingerprint density at radius 2 is 1.56 bits per heavy atom. The van der Waals surface area contributed by atoms with Crippen molar-refractivity contribution < 1.29 is 18.6 Å². The average Bonchev–Trinajstić information content (AvgIpc) is 3.28. The summed E-state index contributed by atoms with van der Waals surface area (Å²) in [6.45, 7) is 7.24. The van der Waals surface area contributed by atoms with Gasteiger partial charge in [-0.2, -0.15) is 0 Å². The van der Waals surface area contributed by atoms with Crippen molar-refractivity contribution in [3.63, 3.8) is 0 Å². The Bertz CT molecular complexity index is 1040. The van der Waals surface area contributed by atoms with Crippen LogP contribution in [0.2, 0.25) is 0 Å². The van der Waals surface area contributed by atoms with Gasteiger partial charge in [-0.3, -0.25) is 9.80 Å². The first kappa shape index (κ1) is 22.1. The van der Waals surface area contributed by atoms with E-state index in [0.29, 0.717) is 29.8 Å². The molecule has 3 aromatic rings. The second-order valence-corrected chi connectivity index (χ2v) is 7.92. The van der Waals surface area contributed by atoms with E-state index in [4.69, 9.17) is 18.6 Å². The first-order valence-electron chi connectivity index (χ1n) is 10.7. The van der Waals surface area contributed by atoms with Gasteiger partial charge in [-0.25, -0.2) is 0 Å². The molecule has 4 rings (SSSR count). The molecule has 0 atom stereocenters. The minimum atomic E-state index is 0.572. The maximum atomic E-state index is 5.91. The minimum absolute atomic E-state index is 0.572. The van der Waals surface area contributed by atoms with Crippen LogP contribution in [0.25, 0.3) is 11.5 Å². The van der Waals surface area contributed by atoms with Crippen LogP contribution in [-0.2, 0) is 13.1 Å². The van der Waals surface area contributed by atoms with Crippen LogP contribution in [0.15, 0.2) is 40.8 Å². The summed E-state index contributed by atoms with van der Waals surface area (Å²) >= 11 is 0. The normalized spacial score (nSPS) is 15.0. The molecule has 1 aliphatic heterocycles. The van der Waals surface area contributed by atoms with Crippen LogP contribution >= 0.6 is 0 Å². The van der Waals surface area contributed by atoms with Crippen LogP contribution in [0.3, 0.4) is 0 Å². The lowest BCUT2D eigenvalue weighted by atomic mass is 10.1. The van der Waals surface area contributed by atoms with Crippen LogP contribution in [0.4, 0.5) is 0 Å². The summed E-state index contributed by atoms with van der Waals surface area (Å²) in [5, 5.41) is 8.47. The van der Waals surface area contributed by atoms with Crippen molar-refractivity contribution >= 4 is 0 Å². The molecule has 32 heavy (non-hydrogen) atoms. The van der Waals surface area contributed by atoms with Gasteiger partial charge < -0.3 is 18.6 Å². The quantitative estimate of drug-likeness (QED) is 0.530. The average molecular weight is 439 g/mol. The first-order valence-corrected chi connectivity index (χ1v) is 10.7. The Morgan fingerprint density at radius 3 is 2.22 bits per heavy atom. The van der Waals surface area contributed by atoms with Crippen molar-refractivity contribution in [2.24, 2.45) is 0 Å². The lowest BCUT2D eigenvalue weighted by molar-refractivity contribution is 0.114. The number of methoxy groups -OCH3 is 3. The van der Waals surface area contributed by atoms with E-state index < -0.39 is 0 Å². The molecular weight excluding hydrogens is 408 g/mol. The number of piperazine rings is 1. The summed E-state index contributed by atoms with van der Waals surface area (Å²) in [7, 11) is 4.92. The second-order valence-electron chi connectivity index (χ2n) is 7.92. The van der Waals surface area contributed by atoms with Gasteiger partial charge in [0, 0.05) is 43.9 Å². The Kier molecular flexibility index (Phi) is 6.92. The van der Waals surface area contributed by atoms with Gasteiger partial charge in [0.15, 0.2) is 11.5 Å². The number of nitrogens with zero attached hydrogens (tertiary/aromatic N) is 4. The molecule has 2 aromatic carbocycles. The molecule has 0 aliphatic carbocycles. The van der Waals surface area contributed by atoms with Crippen molar-refractivity contribution in [1.82, 2.24) is 20.0 Å². The Labute approximate surface area is 188 Å². The molecule has 1 fully saturated rings. The molecule has 0 amide bonds. The first-order chi connectivity index (χ1) is 15.6. The molecule has 1 aliphatic rings. The van der Waals surface area contributed by atoms with E-state index in [2.05, 4.69) is 39.1 Å². The standard InChI is InChI=1S/C24H30N4O4/c1-17-6-5-7-18(14-17)24-26-25-21(32-24)16-28-12-10-27(11-13-28)15-19-8-9-20(29-2)23(31-4)22(19)30-3/h5-9,14H,10-13,15-16H2,1-4H3. The van der Waals surface area contributed by atoms with Gasteiger partial charge in [0.25, 0.3) is 0 Å². The highest BCUT2D eigenvalue weighted by Crippen LogP contribution is 2.40. The van der Waals surface area contributed by atoms with E-state index in [1.54, 1.807) is 21.3 Å². The molecular formula is C24H30N4O4. The second kappa shape index (κ2) is 10.0. The lowest BCUT2D eigenvalue weighted by Crippen LogP contribution is -2.45. The zero-order chi connectivity index (χ0) is 22.5. The van der Waals surface area contributed by atoms with Gasteiger partial charge in [0.05, 0.1) is 27.9 Å². The van der Waals surface area contributed by atoms with Crippen molar-refractivity contribution in [2.45, 2.75) is 20.0 Å². The monoisotopic (exact) mass is 438 g/mol. The van der Waals surface area contributed by atoms with Crippen LogP contribution in [-0.4, -0.2) is 67.5 Å². The molecule has 1 aromatic heterocycles. The van der Waals surface area contributed by atoms with E-state index in [-0.39, 0.29) is 0 Å². The summed E-state index contributed by atoms with van der Waals surface area (Å²) in [5.74, 6) is 3.25. The largest absolute Gasteiger partial charge is 0.493 e. The summed E-state index contributed by atoms with van der Waals surface area (Å²) in [5.41, 5.74) is 3.21. The molecule has 0 spiro atoms. The number of hydrogen-bond acceptors (Lipinski definition) is 8. The fraction of sp³-hybridized carbons (Fsp3) is 0.417. The van der Waals surface area contributed by atoms with E-state index >= 15 is 0 Å². The summed E-state index contributed by atoms with van der Waals surface area (Å²) < 4.78 is 22.4. The number of rotatable bonds is 8. The van der Waals surface area contributed by atoms with Crippen molar-refractivity contribution in [1.29, 1.82) is 0 Å². The third-order valence-electron chi connectivity index (χ3n) is 5.74. The number of ether oxygens (including phenoxy) is 3. The maximum Gasteiger partial charge on any atom is 0.247 e. The molecule has 0 bridgehead atoms. The van der Waals surface area contributed by atoms with Crippen LogP contribution in [0.5, 0.6) is 17.2 Å². The molecule has 170 valence electrons. The van der Waals surface area contributed by atoms with Crippen LogP contribution in [0, 0.1) is 6.92 Å². The smallest absolute Gasteiger partial charge is 0.247 e. The number of hydrogen-bond donors (Lipinski definition) is 0. The summed E-state index contributed by atoms with van der Waals surface area (Å²) in [6.07, 6.45) is 0. The van der Waals surface area contributed by atoms with E-state index in [9.17, 15) is 0 Å². The van der Waals surface area contributed by atoms with Crippen LogP contribution < -0.4 is 14.2 Å². The van der Waals surface area contributed by atoms with E-state index in [1.165, 1.54) is 5.56 Å². The zero-order valence-corrected chi connectivity index (χ0v) is 19.1. The van der Waals surface area contributed by atoms with Gasteiger partial charge in [-0.15, -0.1) is 10.2 Å². The van der Waals surface area contributed by atoms with Gasteiger partial charge in [0.1, 0.15) is 0 Å². The molecule has 8 heteroatoms. The number of aryl methyl sites for hydroxylation is 1. The minimum Gasteiger partial charge on any atom is -0.493 e. The SMILES string of the molecule is COc1ccc(CN2CCN(Cc3nnc(-c4cccc(C)c4)o3)CC2)c(OC)c1OC. The molecule has 1 saturated heterocycles. The number of aromatic nitrogens is 2. The maximum absolute atomic E-state index is 5.91. The third kappa shape index (κ3) is 4.87. The summed E-state index contributed by atoms with van der Waals surface area (Å²) in [6, 6.07) is 12.1. The van der Waals surface area contributed by atoms with E-state index in [0.717, 1.165) is 49.6 Å². The topological polar surface area (TPSA) is 73.1 Å². The number of benzene rings is 2. The van der Waals surface area contributed by atoms with Gasteiger partial charge in [0.2, 0.25) is 17.5 Å².